The van der Waals surface area contributed by atoms with E-state index in [1.807, 2.05) is 0 Å². The van der Waals surface area contributed by atoms with E-state index < -0.39 is 0 Å². The van der Waals surface area contributed by atoms with Crippen molar-refractivity contribution >= 4 is 0 Å². The van der Waals surface area contributed by atoms with Crippen molar-refractivity contribution in [3.05, 3.63) is 0 Å². The van der Waals surface area contributed by atoms with Crippen molar-refractivity contribution < 1.29 is 0 Å². The summed E-state index contributed by atoms with van der Waals surface area (Å²) in [5.74, 6) is 0.930. The van der Waals surface area contributed by atoms with Crippen molar-refractivity contribution in [3.8, 4) is 0 Å². The highest BCUT2D eigenvalue weighted by Gasteiger charge is 2.28. The van der Waals surface area contributed by atoms with Gasteiger partial charge in [0.15, 0.2) is 0 Å². The minimum absolute atomic E-state index is 0.780. The second-order valence-electron chi connectivity index (χ2n) is 6.49. The van der Waals surface area contributed by atoms with Gasteiger partial charge in [0.1, 0.15) is 0 Å². The van der Waals surface area contributed by atoms with Crippen molar-refractivity contribution in [2.45, 2.75) is 58.0 Å². The van der Waals surface area contributed by atoms with Crippen LogP contribution >= 0.6 is 0 Å². The third kappa shape index (κ3) is 4.17. The molecule has 112 valence electrons. The zero-order valence-corrected chi connectivity index (χ0v) is 13.2. The standard InChI is InChI=1S/C16H33N3/c1-4-15-13-19(12-11-18(15)3)10-9-14-7-6-8-16(14)17-5-2/h14-17H,4-13H2,1-3H3. The van der Waals surface area contributed by atoms with Crippen LogP contribution in [0.25, 0.3) is 0 Å². The molecule has 1 aliphatic carbocycles. The van der Waals surface area contributed by atoms with Gasteiger partial charge in [0.2, 0.25) is 0 Å². The molecule has 3 atom stereocenters. The molecule has 2 aliphatic rings. The zero-order chi connectivity index (χ0) is 13.7. The Morgan fingerprint density at radius 1 is 1.16 bits per heavy atom. The number of likely N-dealkylation sites (N-methyl/N-ethyl adjacent to an activating group) is 1. The van der Waals surface area contributed by atoms with Gasteiger partial charge in [-0.2, -0.15) is 0 Å². The summed E-state index contributed by atoms with van der Waals surface area (Å²) in [4.78, 5) is 5.24. The Balaban J connectivity index is 1.73. The Labute approximate surface area is 119 Å². The Hall–Kier alpha value is -0.120. The minimum atomic E-state index is 0.780. The van der Waals surface area contributed by atoms with E-state index in [1.54, 1.807) is 0 Å². The zero-order valence-electron chi connectivity index (χ0n) is 13.2. The molecule has 2 fully saturated rings. The van der Waals surface area contributed by atoms with Crippen LogP contribution in [0.2, 0.25) is 0 Å². The fraction of sp³-hybridized carbons (Fsp3) is 1.00. The average Bonchev–Trinajstić information content (AvgIpc) is 2.86. The predicted molar refractivity (Wildman–Crippen MR) is 82.6 cm³/mol. The molecule has 0 amide bonds. The SMILES string of the molecule is CCNC1CCCC1CCN1CCN(C)C(CC)C1. The maximum atomic E-state index is 3.68. The molecule has 0 aromatic carbocycles. The first-order chi connectivity index (χ1) is 9.24. The quantitative estimate of drug-likeness (QED) is 0.796. The largest absolute Gasteiger partial charge is 0.314 e. The van der Waals surface area contributed by atoms with Crippen LogP contribution in [0.5, 0.6) is 0 Å². The van der Waals surface area contributed by atoms with Crippen molar-refractivity contribution in [2.75, 3.05) is 39.8 Å². The maximum Gasteiger partial charge on any atom is 0.0218 e. The van der Waals surface area contributed by atoms with Gasteiger partial charge in [-0.05, 0) is 51.7 Å². The topological polar surface area (TPSA) is 18.5 Å². The molecule has 0 spiro atoms. The summed E-state index contributed by atoms with van der Waals surface area (Å²) in [6.45, 7) is 10.8. The summed E-state index contributed by atoms with van der Waals surface area (Å²) < 4.78 is 0. The Morgan fingerprint density at radius 3 is 2.74 bits per heavy atom. The van der Waals surface area contributed by atoms with Gasteiger partial charge in [0, 0.05) is 31.7 Å². The van der Waals surface area contributed by atoms with Gasteiger partial charge in [0.25, 0.3) is 0 Å². The monoisotopic (exact) mass is 267 g/mol. The Bertz CT molecular complexity index is 256. The molecule has 0 radical (unpaired) electrons. The lowest BCUT2D eigenvalue weighted by Crippen LogP contribution is -2.51. The van der Waals surface area contributed by atoms with E-state index in [0.29, 0.717) is 0 Å². The fourth-order valence-electron chi connectivity index (χ4n) is 3.92. The highest BCUT2D eigenvalue weighted by molar-refractivity contribution is 4.85. The molecule has 3 nitrogen and oxygen atoms in total. The van der Waals surface area contributed by atoms with Crippen molar-refractivity contribution in [3.63, 3.8) is 0 Å². The third-order valence-electron chi connectivity index (χ3n) is 5.27. The summed E-state index contributed by atoms with van der Waals surface area (Å²) in [7, 11) is 2.28. The first kappa shape index (κ1) is 15.3. The summed E-state index contributed by atoms with van der Waals surface area (Å²) in [5.41, 5.74) is 0. The second kappa shape index (κ2) is 7.61. The van der Waals surface area contributed by atoms with Crippen LogP contribution in [0.1, 0.15) is 46.0 Å². The normalized spacial score (nSPS) is 33.9. The van der Waals surface area contributed by atoms with Crippen LogP contribution < -0.4 is 5.32 Å². The highest BCUT2D eigenvalue weighted by atomic mass is 15.3. The highest BCUT2D eigenvalue weighted by Crippen LogP contribution is 2.28. The molecule has 1 N–H and O–H groups in total. The molecule has 2 rings (SSSR count). The fourth-order valence-corrected chi connectivity index (χ4v) is 3.92. The predicted octanol–water partition coefficient (Wildman–Crippen LogP) is 2.18. The van der Waals surface area contributed by atoms with Gasteiger partial charge in [-0.25, -0.2) is 0 Å². The third-order valence-corrected chi connectivity index (χ3v) is 5.27. The van der Waals surface area contributed by atoms with E-state index in [4.69, 9.17) is 0 Å². The molecule has 1 heterocycles. The molecule has 0 aromatic rings. The molecule has 1 saturated heterocycles. The summed E-state index contributed by atoms with van der Waals surface area (Å²) >= 11 is 0. The summed E-state index contributed by atoms with van der Waals surface area (Å²) in [6, 6.07) is 1.58. The van der Waals surface area contributed by atoms with Gasteiger partial charge < -0.3 is 15.1 Å². The van der Waals surface area contributed by atoms with E-state index in [1.165, 1.54) is 58.3 Å². The molecule has 1 aliphatic heterocycles. The number of rotatable bonds is 6. The minimum Gasteiger partial charge on any atom is -0.314 e. The first-order valence-corrected chi connectivity index (χ1v) is 8.40. The van der Waals surface area contributed by atoms with E-state index in [2.05, 4.69) is 36.0 Å². The molecule has 3 unspecified atom stereocenters. The van der Waals surface area contributed by atoms with Gasteiger partial charge in [-0.1, -0.05) is 20.3 Å². The molecule has 19 heavy (non-hydrogen) atoms. The van der Waals surface area contributed by atoms with Gasteiger partial charge in [0.05, 0.1) is 0 Å². The number of piperazine rings is 1. The summed E-state index contributed by atoms with van der Waals surface area (Å²) in [6.07, 6.45) is 6.97. The first-order valence-electron chi connectivity index (χ1n) is 8.40. The van der Waals surface area contributed by atoms with Crippen LogP contribution in [-0.4, -0.2) is 61.7 Å². The van der Waals surface area contributed by atoms with Crippen molar-refractivity contribution in [1.82, 2.24) is 15.1 Å². The van der Waals surface area contributed by atoms with Crippen molar-refractivity contribution in [2.24, 2.45) is 5.92 Å². The van der Waals surface area contributed by atoms with E-state index in [0.717, 1.165) is 24.5 Å². The lowest BCUT2D eigenvalue weighted by atomic mass is 9.98. The number of nitrogens with one attached hydrogen (secondary N) is 1. The number of hydrogen-bond acceptors (Lipinski definition) is 3. The van der Waals surface area contributed by atoms with Gasteiger partial charge >= 0.3 is 0 Å². The second-order valence-corrected chi connectivity index (χ2v) is 6.49. The van der Waals surface area contributed by atoms with Crippen LogP contribution in [-0.2, 0) is 0 Å². The van der Waals surface area contributed by atoms with Crippen LogP contribution in [0.3, 0.4) is 0 Å². The lowest BCUT2D eigenvalue weighted by Gasteiger charge is -2.39. The van der Waals surface area contributed by atoms with E-state index >= 15 is 0 Å². The average molecular weight is 267 g/mol. The lowest BCUT2D eigenvalue weighted by molar-refractivity contribution is 0.0880. The number of hydrogen-bond donors (Lipinski definition) is 1. The molecule has 3 heteroatoms. The molecule has 0 aromatic heterocycles. The van der Waals surface area contributed by atoms with Crippen molar-refractivity contribution in [1.29, 1.82) is 0 Å². The van der Waals surface area contributed by atoms with Gasteiger partial charge in [-0.15, -0.1) is 0 Å². The van der Waals surface area contributed by atoms with Gasteiger partial charge in [-0.3, -0.25) is 0 Å². The molecule has 0 bridgehead atoms. The molecular formula is C16H33N3. The Kier molecular flexibility index (Phi) is 6.11. The molecular weight excluding hydrogens is 234 g/mol. The van der Waals surface area contributed by atoms with E-state index in [-0.39, 0.29) is 0 Å². The van der Waals surface area contributed by atoms with Crippen LogP contribution in [0.4, 0.5) is 0 Å². The van der Waals surface area contributed by atoms with Crippen LogP contribution in [0, 0.1) is 5.92 Å². The van der Waals surface area contributed by atoms with E-state index in [9.17, 15) is 0 Å². The number of nitrogens with zero attached hydrogens (tertiary/aromatic N) is 2. The molecule has 1 saturated carbocycles. The maximum absolute atomic E-state index is 3.68. The Morgan fingerprint density at radius 2 is 2.00 bits per heavy atom. The van der Waals surface area contributed by atoms with Crippen LogP contribution in [0.15, 0.2) is 0 Å². The summed E-state index contributed by atoms with van der Waals surface area (Å²) in [5, 5.41) is 3.68. The smallest absolute Gasteiger partial charge is 0.0218 e.